The summed E-state index contributed by atoms with van der Waals surface area (Å²) in [5.41, 5.74) is 1.93. The Bertz CT molecular complexity index is 866. The van der Waals surface area contributed by atoms with Gasteiger partial charge in [0, 0.05) is 11.3 Å². The van der Waals surface area contributed by atoms with Crippen LogP contribution in [0.3, 0.4) is 0 Å². The van der Waals surface area contributed by atoms with Crippen LogP contribution in [-0.2, 0) is 0 Å². The molecule has 0 aliphatic carbocycles. The van der Waals surface area contributed by atoms with Crippen LogP contribution in [0.25, 0.3) is 0 Å². The highest BCUT2D eigenvalue weighted by atomic mass is 32.1. The van der Waals surface area contributed by atoms with Gasteiger partial charge in [-0.25, -0.2) is 4.79 Å². The van der Waals surface area contributed by atoms with Gasteiger partial charge in [0.15, 0.2) is 5.11 Å². The summed E-state index contributed by atoms with van der Waals surface area (Å²) in [6.45, 7) is 4.65. The Hall–Kier alpha value is -2.93. The number of carbonyl (C=O) groups excluding carboxylic acids is 1. The van der Waals surface area contributed by atoms with Crippen molar-refractivity contribution < 1.29 is 19.4 Å². The van der Waals surface area contributed by atoms with Gasteiger partial charge in [0.1, 0.15) is 5.75 Å². The summed E-state index contributed by atoms with van der Waals surface area (Å²) in [4.78, 5) is 23.5. The molecule has 2 aromatic rings. The van der Waals surface area contributed by atoms with E-state index < -0.39 is 5.97 Å². The fourth-order valence-electron chi connectivity index (χ4n) is 2.64. The minimum absolute atomic E-state index is 0.0943. The number of ether oxygens (including phenoxy) is 1. The highest BCUT2D eigenvalue weighted by molar-refractivity contribution is 7.80. The summed E-state index contributed by atoms with van der Waals surface area (Å²) in [5.74, 6) is -0.667. The lowest BCUT2D eigenvalue weighted by atomic mass is 10.1. The van der Waals surface area contributed by atoms with Gasteiger partial charge in [-0.1, -0.05) is 32.3 Å². The van der Waals surface area contributed by atoms with E-state index in [4.69, 9.17) is 22.1 Å². The molecule has 6 nitrogen and oxygen atoms in total. The molecular formula is C22H26N2O4S. The fraction of sp³-hybridized carbons (Fsp3) is 0.318. The van der Waals surface area contributed by atoms with Crippen LogP contribution in [0.1, 0.15) is 58.9 Å². The van der Waals surface area contributed by atoms with Crippen LogP contribution < -0.4 is 15.4 Å². The van der Waals surface area contributed by atoms with Crippen molar-refractivity contribution in [2.75, 3.05) is 11.9 Å². The Morgan fingerprint density at radius 3 is 2.38 bits per heavy atom. The number of aromatic carboxylic acids is 1. The third kappa shape index (κ3) is 7.19. The molecule has 3 N–H and O–H groups in total. The summed E-state index contributed by atoms with van der Waals surface area (Å²) in [6, 6.07) is 11.5. The van der Waals surface area contributed by atoms with Crippen molar-refractivity contribution in [2.24, 2.45) is 0 Å². The molecule has 154 valence electrons. The van der Waals surface area contributed by atoms with Crippen LogP contribution in [0.15, 0.2) is 42.5 Å². The molecule has 1 amide bonds. The third-order valence-electron chi connectivity index (χ3n) is 4.34. The van der Waals surface area contributed by atoms with Crippen LogP contribution in [-0.4, -0.2) is 28.7 Å². The predicted molar refractivity (Wildman–Crippen MR) is 118 cm³/mol. The van der Waals surface area contributed by atoms with Crippen molar-refractivity contribution in [3.63, 3.8) is 0 Å². The summed E-state index contributed by atoms with van der Waals surface area (Å²) in [7, 11) is 0. The summed E-state index contributed by atoms with van der Waals surface area (Å²) in [6.07, 6.45) is 4.55. The molecule has 0 saturated carbocycles. The van der Waals surface area contributed by atoms with Crippen molar-refractivity contribution >= 4 is 34.9 Å². The van der Waals surface area contributed by atoms with Gasteiger partial charge in [-0.05, 0) is 67.5 Å². The number of hydrogen-bond donors (Lipinski definition) is 3. The maximum Gasteiger partial charge on any atom is 0.335 e. The number of carbonyl (C=O) groups is 2. The molecule has 0 spiro atoms. The number of rotatable bonds is 9. The van der Waals surface area contributed by atoms with Crippen molar-refractivity contribution in [1.29, 1.82) is 0 Å². The van der Waals surface area contributed by atoms with Crippen LogP contribution in [0, 0.1) is 6.92 Å². The number of amides is 1. The van der Waals surface area contributed by atoms with E-state index in [1.165, 1.54) is 25.0 Å². The Balaban J connectivity index is 1.89. The molecule has 0 aliphatic rings. The first-order chi connectivity index (χ1) is 13.9. The van der Waals surface area contributed by atoms with E-state index in [1.54, 1.807) is 30.3 Å². The average Bonchev–Trinajstić information content (AvgIpc) is 2.69. The maximum absolute atomic E-state index is 12.4. The zero-order valence-corrected chi connectivity index (χ0v) is 17.5. The maximum atomic E-state index is 12.4. The van der Waals surface area contributed by atoms with Gasteiger partial charge in [0.05, 0.1) is 12.2 Å². The van der Waals surface area contributed by atoms with Crippen molar-refractivity contribution in [3.8, 4) is 5.75 Å². The number of benzene rings is 2. The smallest absolute Gasteiger partial charge is 0.335 e. The number of anilines is 1. The number of unbranched alkanes of at least 4 members (excludes halogenated alkanes) is 3. The molecule has 0 aliphatic heterocycles. The normalized spacial score (nSPS) is 10.3. The summed E-state index contributed by atoms with van der Waals surface area (Å²) < 4.78 is 5.67. The molecule has 2 aromatic carbocycles. The van der Waals surface area contributed by atoms with E-state index in [9.17, 15) is 9.59 Å². The predicted octanol–water partition coefficient (Wildman–Crippen LogP) is 4.78. The van der Waals surface area contributed by atoms with E-state index >= 15 is 0 Å². The molecule has 0 fully saturated rings. The SMILES string of the molecule is CCCCCCOc1ccc(C(=O)NC(=S)Nc2cc(C(=O)O)ccc2C)cc1. The molecule has 0 radical (unpaired) electrons. The molecule has 29 heavy (non-hydrogen) atoms. The van der Waals surface area contributed by atoms with E-state index in [0.717, 1.165) is 24.2 Å². The minimum Gasteiger partial charge on any atom is -0.494 e. The van der Waals surface area contributed by atoms with Crippen molar-refractivity contribution in [3.05, 3.63) is 59.2 Å². The van der Waals surface area contributed by atoms with Crippen LogP contribution >= 0.6 is 12.2 Å². The first-order valence-corrected chi connectivity index (χ1v) is 10.0. The molecule has 0 saturated heterocycles. The second-order valence-corrected chi connectivity index (χ2v) is 7.08. The Kier molecular flexibility index (Phi) is 8.61. The van der Waals surface area contributed by atoms with Gasteiger partial charge in [-0.2, -0.15) is 0 Å². The molecule has 0 atom stereocenters. The zero-order valence-electron chi connectivity index (χ0n) is 16.7. The second kappa shape index (κ2) is 11.2. The first kappa shape index (κ1) is 22.4. The molecule has 7 heteroatoms. The lowest BCUT2D eigenvalue weighted by molar-refractivity contribution is 0.0696. The number of aryl methyl sites for hydroxylation is 1. The summed E-state index contributed by atoms with van der Waals surface area (Å²) in [5, 5.41) is 14.7. The second-order valence-electron chi connectivity index (χ2n) is 6.68. The number of thiocarbonyl (C=S) groups is 1. The van der Waals surface area contributed by atoms with Gasteiger partial charge in [-0.3, -0.25) is 10.1 Å². The molecule has 0 bridgehead atoms. The third-order valence-corrected chi connectivity index (χ3v) is 4.55. The Morgan fingerprint density at radius 2 is 1.72 bits per heavy atom. The highest BCUT2D eigenvalue weighted by Gasteiger charge is 2.11. The summed E-state index contributed by atoms with van der Waals surface area (Å²) >= 11 is 5.18. The van der Waals surface area contributed by atoms with Crippen LogP contribution in [0.5, 0.6) is 5.75 Å². The quantitative estimate of drug-likeness (QED) is 0.404. The van der Waals surface area contributed by atoms with E-state index in [2.05, 4.69) is 17.6 Å². The molecule has 0 aromatic heterocycles. The number of carboxylic acids is 1. The molecule has 0 heterocycles. The fourth-order valence-corrected chi connectivity index (χ4v) is 2.84. The van der Waals surface area contributed by atoms with Gasteiger partial charge in [-0.15, -0.1) is 0 Å². The topological polar surface area (TPSA) is 87.7 Å². The molecular weight excluding hydrogens is 388 g/mol. The van der Waals surface area contributed by atoms with Gasteiger partial charge in [0.2, 0.25) is 0 Å². The lowest BCUT2D eigenvalue weighted by Crippen LogP contribution is -2.34. The minimum atomic E-state index is -1.03. The van der Waals surface area contributed by atoms with Crippen LogP contribution in [0.2, 0.25) is 0 Å². The number of nitrogens with one attached hydrogen (secondary N) is 2. The molecule has 0 unspecified atom stereocenters. The standard InChI is InChI=1S/C22H26N2O4S/c1-3-4-5-6-13-28-18-11-9-16(10-12-18)20(25)24-22(29)23-19-14-17(21(26)27)8-7-15(19)2/h7-12,14H,3-6,13H2,1-2H3,(H,26,27)(H2,23,24,25,29). The number of carboxylic acid groups (broad SMARTS) is 1. The van der Waals surface area contributed by atoms with Gasteiger partial charge >= 0.3 is 5.97 Å². The zero-order chi connectivity index (χ0) is 21.2. The average molecular weight is 415 g/mol. The van der Waals surface area contributed by atoms with Crippen molar-refractivity contribution in [2.45, 2.75) is 39.5 Å². The lowest BCUT2D eigenvalue weighted by Gasteiger charge is -2.13. The first-order valence-electron chi connectivity index (χ1n) is 9.60. The van der Waals surface area contributed by atoms with E-state index in [-0.39, 0.29) is 16.6 Å². The number of hydrogen-bond acceptors (Lipinski definition) is 4. The Morgan fingerprint density at radius 1 is 1.03 bits per heavy atom. The van der Waals surface area contributed by atoms with Crippen LogP contribution in [0.4, 0.5) is 5.69 Å². The highest BCUT2D eigenvalue weighted by Crippen LogP contribution is 2.17. The van der Waals surface area contributed by atoms with E-state index in [0.29, 0.717) is 17.9 Å². The van der Waals surface area contributed by atoms with Crippen molar-refractivity contribution in [1.82, 2.24) is 5.32 Å². The molecule has 2 rings (SSSR count). The van der Waals surface area contributed by atoms with Gasteiger partial charge < -0.3 is 15.2 Å². The van der Waals surface area contributed by atoms with E-state index in [1.807, 2.05) is 6.92 Å². The largest absolute Gasteiger partial charge is 0.494 e. The van der Waals surface area contributed by atoms with Gasteiger partial charge in [0.25, 0.3) is 5.91 Å². The monoisotopic (exact) mass is 414 g/mol. The Labute approximate surface area is 176 Å².